The second-order valence-electron chi connectivity index (χ2n) is 4.23. The third kappa shape index (κ3) is 3.86. The molecule has 1 fully saturated rings. The Labute approximate surface area is 87.8 Å². The van der Waals surface area contributed by atoms with E-state index < -0.39 is 0 Å². The first kappa shape index (κ1) is 13.2. The zero-order valence-electron chi connectivity index (χ0n) is 9.06. The predicted molar refractivity (Wildman–Crippen MR) is 60.7 cm³/mol. The Morgan fingerprint density at radius 1 is 1.31 bits per heavy atom. The largest absolute Gasteiger partial charge is 0.344 e. The molecule has 3 unspecified atom stereocenters. The summed E-state index contributed by atoms with van der Waals surface area (Å²) in [6.45, 7) is 4.64. The highest BCUT2D eigenvalue weighted by Crippen LogP contribution is 2.35. The van der Waals surface area contributed by atoms with Crippen molar-refractivity contribution >= 4 is 11.6 Å². The maximum Gasteiger partial charge on any atom is 0.0366 e. The quantitative estimate of drug-likeness (QED) is 0.682. The van der Waals surface area contributed by atoms with Crippen molar-refractivity contribution in [2.75, 3.05) is 0 Å². The van der Waals surface area contributed by atoms with Crippen LogP contribution in [0.25, 0.3) is 0 Å². The van der Waals surface area contributed by atoms with Gasteiger partial charge >= 0.3 is 0 Å². The van der Waals surface area contributed by atoms with Crippen molar-refractivity contribution in [3.63, 3.8) is 0 Å². The first-order chi connectivity index (χ1) is 5.75. The molecular weight excluding hydrogens is 182 g/mol. The molecule has 0 radical (unpaired) electrons. The summed E-state index contributed by atoms with van der Waals surface area (Å²) in [7, 11) is 0. The molecule has 0 aromatic rings. The first-order valence-corrected chi connectivity index (χ1v) is 5.83. The summed E-state index contributed by atoms with van der Waals surface area (Å²) in [5.74, 6) is 1.65. The van der Waals surface area contributed by atoms with Crippen molar-refractivity contribution in [1.29, 1.82) is 0 Å². The maximum atomic E-state index is 6.31. The van der Waals surface area contributed by atoms with Crippen LogP contribution in [0.2, 0.25) is 0 Å². The predicted octanol–water partition coefficient (Wildman–Crippen LogP) is 4.38. The summed E-state index contributed by atoms with van der Waals surface area (Å²) in [4.78, 5) is 0. The number of rotatable bonds is 3. The maximum absolute atomic E-state index is 6.31. The molecule has 0 saturated heterocycles. The Kier molecular flexibility index (Phi) is 6.79. The fourth-order valence-electron chi connectivity index (χ4n) is 2.42. The lowest BCUT2D eigenvalue weighted by Gasteiger charge is -2.31. The molecule has 0 spiro atoms. The van der Waals surface area contributed by atoms with E-state index in [2.05, 4.69) is 13.8 Å². The molecule has 0 amide bonds. The van der Waals surface area contributed by atoms with Crippen LogP contribution in [0.5, 0.6) is 0 Å². The monoisotopic (exact) mass is 205 g/mol. The van der Waals surface area contributed by atoms with E-state index in [-0.39, 0.29) is 6.15 Å². The van der Waals surface area contributed by atoms with Gasteiger partial charge in [0.1, 0.15) is 0 Å². The average Bonchev–Trinajstić information content (AvgIpc) is 2.05. The molecule has 1 aliphatic carbocycles. The molecule has 13 heavy (non-hydrogen) atoms. The highest BCUT2D eigenvalue weighted by Gasteiger charge is 2.27. The Morgan fingerprint density at radius 3 is 2.46 bits per heavy atom. The molecule has 1 nitrogen and oxygen atoms in total. The van der Waals surface area contributed by atoms with Crippen molar-refractivity contribution in [3.05, 3.63) is 0 Å². The molecular formula is C11H24ClN. The van der Waals surface area contributed by atoms with Gasteiger partial charge in [-0.25, -0.2) is 0 Å². The fraction of sp³-hybridized carbons (Fsp3) is 1.00. The average molecular weight is 206 g/mol. The number of hydrogen-bond acceptors (Lipinski definition) is 1. The summed E-state index contributed by atoms with van der Waals surface area (Å²) in [5, 5.41) is 0.472. The third-order valence-electron chi connectivity index (χ3n) is 3.21. The van der Waals surface area contributed by atoms with Crippen molar-refractivity contribution in [2.45, 2.75) is 57.7 Å². The van der Waals surface area contributed by atoms with E-state index in [1.54, 1.807) is 0 Å². The molecule has 2 heteroatoms. The van der Waals surface area contributed by atoms with Gasteiger partial charge in [-0.15, -0.1) is 11.6 Å². The van der Waals surface area contributed by atoms with Crippen LogP contribution < -0.4 is 6.15 Å². The standard InChI is InChI=1S/C11H21Cl.H3N/c1-3-6-9(2)10-7-4-5-8-11(10)12;/h9-11H,3-8H2,1-2H3;1H3. The molecule has 0 aromatic carbocycles. The van der Waals surface area contributed by atoms with E-state index in [9.17, 15) is 0 Å². The van der Waals surface area contributed by atoms with Crippen LogP contribution in [0.4, 0.5) is 0 Å². The smallest absolute Gasteiger partial charge is 0.0366 e. The normalized spacial score (nSPS) is 30.7. The zero-order valence-corrected chi connectivity index (χ0v) is 9.82. The van der Waals surface area contributed by atoms with Crippen molar-refractivity contribution in [1.82, 2.24) is 6.15 Å². The molecule has 3 atom stereocenters. The number of alkyl halides is 1. The SMILES string of the molecule is CCCC(C)C1CCCCC1Cl.N. The lowest BCUT2D eigenvalue weighted by molar-refractivity contribution is 0.256. The summed E-state index contributed by atoms with van der Waals surface area (Å²) in [5.41, 5.74) is 0. The van der Waals surface area contributed by atoms with Crippen molar-refractivity contribution in [2.24, 2.45) is 11.8 Å². The van der Waals surface area contributed by atoms with E-state index in [4.69, 9.17) is 11.6 Å². The Balaban J connectivity index is 0.00000144. The van der Waals surface area contributed by atoms with E-state index >= 15 is 0 Å². The molecule has 0 aliphatic heterocycles. The van der Waals surface area contributed by atoms with E-state index in [0.29, 0.717) is 5.38 Å². The molecule has 0 aromatic heterocycles. The summed E-state index contributed by atoms with van der Waals surface area (Å²) < 4.78 is 0. The van der Waals surface area contributed by atoms with Crippen LogP contribution in [-0.4, -0.2) is 5.38 Å². The van der Waals surface area contributed by atoms with Gasteiger partial charge in [0.25, 0.3) is 0 Å². The van der Waals surface area contributed by atoms with E-state index in [1.807, 2.05) is 0 Å². The minimum Gasteiger partial charge on any atom is -0.344 e. The molecule has 3 N–H and O–H groups in total. The topological polar surface area (TPSA) is 35.0 Å². The van der Waals surface area contributed by atoms with Crippen LogP contribution in [0.3, 0.4) is 0 Å². The van der Waals surface area contributed by atoms with Crippen LogP contribution in [0, 0.1) is 11.8 Å². The minimum atomic E-state index is 0. The van der Waals surface area contributed by atoms with Crippen LogP contribution in [0.1, 0.15) is 52.4 Å². The van der Waals surface area contributed by atoms with Crippen LogP contribution >= 0.6 is 11.6 Å². The summed E-state index contributed by atoms with van der Waals surface area (Å²) in [6, 6.07) is 0. The molecule has 80 valence electrons. The Hall–Kier alpha value is 0.250. The van der Waals surface area contributed by atoms with Crippen LogP contribution in [-0.2, 0) is 0 Å². The highest BCUT2D eigenvalue weighted by atomic mass is 35.5. The molecule has 1 aliphatic rings. The van der Waals surface area contributed by atoms with Gasteiger partial charge < -0.3 is 6.15 Å². The van der Waals surface area contributed by atoms with Gasteiger partial charge in [0.15, 0.2) is 0 Å². The van der Waals surface area contributed by atoms with E-state index in [1.165, 1.54) is 38.5 Å². The second kappa shape index (κ2) is 6.67. The second-order valence-corrected chi connectivity index (χ2v) is 4.79. The van der Waals surface area contributed by atoms with E-state index in [0.717, 1.165) is 11.8 Å². The lowest BCUT2D eigenvalue weighted by atomic mass is 9.79. The zero-order chi connectivity index (χ0) is 8.97. The number of halogens is 1. The van der Waals surface area contributed by atoms with Crippen LogP contribution in [0.15, 0.2) is 0 Å². The number of hydrogen-bond donors (Lipinski definition) is 1. The van der Waals surface area contributed by atoms with Crippen molar-refractivity contribution < 1.29 is 0 Å². The van der Waals surface area contributed by atoms with Gasteiger partial charge in [0.2, 0.25) is 0 Å². The Bertz CT molecular complexity index is 127. The van der Waals surface area contributed by atoms with Gasteiger partial charge in [-0.1, -0.05) is 39.5 Å². The minimum absolute atomic E-state index is 0. The fourth-order valence-corrected chi connectivity index (χ4v) is 2.95. The van der Waals surface area contributed by atoms with Gasteiger partial charge in [-0.2, -0.15) is 0 Å². The van der Waals surface area contributed by atoms with Gasteiger partial charge in [-0.3, -0.25) is 0 Å². The van der Waals surface area contributed by atoms with Gasteiger partial charge in [0.05, 0.1) is 0 Å². The van der Waals surface area contributed by atoms with Gasteiger partial charge in [0, 0.05) is 5.38 Å². The molecule has 1 saturated carbocycles. The first-order valence-electron chi connectivity index (χ1n) is 5.39. The van der Waals surface area contributed by atoms with Gasteiger partial charge in [-0.05, 0) is 24.7 Å². The highest BCUT2D eigenvalue weighted by molar-refractivity contribution is 6.20. The molecule has 0 heterocycles. The van der Waals surface area contributed by atoms with Crippen molar-refractivity contribution in [3.8, 4) is 0 Å². The Morgan fingerprint density at radius 2 is 1.92 bits per heavy atom. The third-order valence-corrected chi connectivity index (χ3v) is 3.75. The molecule has 1 rings (SSSR count). The molecule has 0 bridgehead atoms. The summed E-state index contributed by atoms with van der Waals surface area (Å²) >= 11 is 6.31. The summed E-state index contributed by atoms with van der Waals surface area (Å²) in [6.07, 6.45) is 8.04. The lowest BCUT2D eigenvalue weighted by Crippen LogP contribution is -2.25.